The lowest BCUT2D eigenvalue weighted by Crippen LogP contribution is -2.59. The zero-order chi connectivity index (χ0) is 23.0. The molecule has 1 N–H and O–H groups in total. The highest BCUT2D eigenvalue weighted by Gasteiger charge is 2.46. The van der Waals surface area contributed by atoms with Gasteiger partial charge in [0.15, 0.2) is 0 Å². The Hall–Kier alpha value is -1.82. The Balaban J connectivity index is 1.29. The largest absolute Gasteiger partial charge is 0.506 e. The van der Waals surface area contributed by atoms with Gasteiger partial charge in [0.1, 0.15) is 11.3 Å². The molecule has 3 fully saturated rings. The first-order chi connectivity index (χ1) is 16.6. The number of phenols is 1. The highest BCUT2D eigenvalue weighted by Crippen LogP contribution is 2.46. The van der Waals surface area contributed by atoms with Gasteiger partial charge in [-0.25, -0.2) is 4.79 Å². The SMILES string of the molecule is O=c1oc2c(CN3CCCC4=C[C@H]5C[C@@H](CN6CCCCC56)[C@@H]43)c(O)c(Cl)cc2c2c1CCC2. The fourth-order valence-corrected chi connectivity index (χ4v) is 8.27. The number of hydrogen-bond donors (Lipinski definition) is 1. The molecule has 4 atom stereocenters. The predicted molar refractivity (Wildman–Crippen MR) is 134 cm³/mol. The Kier molecular flexibility index (Phi) is 5.12. The number of fused-ring (bicyclic) bond motifs is 9. The number of benzene rings is 1. The lowest BCUT2D eigenvalue weighted by molar-refractivity contribution is -0.00274. The summed E-state index contributed by atoms with van der Waals surface area (Å²) < 4.78 is 5.88. The van der Waals surface area contributed by atoms with Gasteiger partial charge in [-0.2, -0.15) is 0 Å². The van der Waals surface area contributed by atoms with Crippen LogP contribution in [0.3, 0.4) is 0 Å². The number of aryl methyl sites for hydroxylation is 1. The molecular formula is C28H33ClN2O3. The minimum Gasteiger partial charge on any atom is -0.506 e. The van der Waals surface area contributed by atoms with E-state index in [4.69, 9.17) is 16.0 Å². The molecular weight excluding hydrogens is 448 g/mol. The maximum atomic E-state index is 12.8. The molecule has 4 heterocycles. The second kappa shape index (κ2) is 8.11. The van der Waals surface area contributed by atoms with Crippen molar-refractivity contribution in [3.63, 3.8) is 0 Å². The Morgan fingerprint density at radius 1 is 1.09 bits per heavy atom. The summed E-state index contributed by atoms with van der Waals surface area (Å²) in [5.74, 6) is 1.40. The summed E-state index contributed by atoms with van der Waals surface area (Å²) >= 11 is 6.54. The number of halogens is 1. The number of nitrogens with zero attached hydrogens (tertiary/aromatic N) is 2. The first-order valence-corrected chi connectivity index (χ1v) is 13.6. The fourth-order valence-electron chi connectivity index (χ4n) is 8.05. The maximum absolute atomic E-state index is 12.8. The lowest BCUT2D eigenvalue weighted by Gasteiger charge is -2.54. The van der Waals surface area contributed by atoms with E-state index in [9.17, 15) is 9.90 Å². The van der Waals surface area contributed by atoms with Gasteiger partial charge in [0, 0.05) is 36.1 Å². The monoisotopic (exact) mass is 480 g/mol. The number of likely N-dealkylation sites (tertiary alicyclic amines) is 1. The van der Waals surface area contributed by atoms with E-state index in [2.05, 4.69) is 15.9 Å². The normalized spacial score (nSPS) is 31.1. The molecule has 1 aromatic carbocycles. The van der Waals surface area contributed by atoms with Gasteiger partial charge in [-0.3, -0.25) is 9.80 Å². The molecule has 0 saturated carbocycles. The van der Waals surface area contributed by atoms with Crippen molar-refractivity contribution in [2.75, 3.05) is 19.6 Å². The summed E-state index contributed by atoms with van der Waals surface area (Å²) in [6, 6.07) is 2.95. The van der Waals surface area contributed by atoms with E-state index in [1.54, 1.807) is 11.6 Å². The van der Waals surface area contributed by atoms with E-state index in [1.165, 1.54) is 45.2 Å². The number of aromatic hydroxyl groups is 1. The summed E-state index contributed by atoms with van der Waals surface area (Å²) in [6.07, 6.45) is 12.9. The van der Waals surface area contributed by atoms with Crippen molar-refractivity contribution in [2.45, 2.75) is 76.4 Å². The van der Waals surface area contributed by atoms with Gasteiger partial charge in [0.2, 0.25) is 0 Å². The van der Waals surface area contributed by atoms with E-state index in [-0.39, 0.29) is 11.4 Å². The zero-order valence-corrected chi connectivity index (χ0v) is 20.4. The molecule has 5 nitrogen and oxygen atoms in total. The van der Waals surface area contributed by atoms with Crippen molar-refractivity contribution >= 4 is 22.6 Å². The molecule has 5 aliphatic rings. The van der Waals surface area contributed by atoms with Crippen LogP contribution in [0, 0.1) is 11.8 Å². The van der Waals surface area contributed by atoms with Crippen LogP contribution in [0.15, 0.2) is 26.9 Å². The second-order valence-electron chi connectivity index (χ2n) is 11.2. The third-order valence-corrected chi connectivity index (χ3v) is 9.70. The molecule has 7 rings (SSSR count). The molecule has 1 aromatic heterocycles. The first kappa shape index (κ1) is 21.5. The molecule has 0 spiro atoms. The Bertz CT molecular complexity index is 1250. The van der Waals surface area contributed by atoms with Crippen LogP contribution in [0.1, 0.15) is 61.6 Å². The van der Waals surface area contributed by atoms with E-state index >= 15 is 0 Å². The summed E-state index contributed by atoms with van der Waals surface area (Å²) in [4.78, 5) is 18.1. The quantitative estimate of drug-likeness (QED) is 0.482. The van der Waals surface area contributed by atoms with Crippen LogP contribution >= 0.6 is 11.6 Å². The number of hydrogen-bond acceptors (Lipinski definition) is 5. The van der Waals surface area contributed by atoms with Crippen LogP contribution in [0.25, 0.3) is 11.0 Å². The highest BCUT2D eigenvalue weighted by molar-refractivity contribution is 6.33. The smallest absolute Gasteiger partial charge is 0.339 e. The van der Waals surface area contributed by atoms with Crippen LogP contribution in [-0.2, 0) is 19.4 Å². The van der Waals surface area contributed by atoms with Gasteiger partial charge in [-0.1, -0.05) is 29.7 Å². The fraction of sp³-hybridized carbons (Fsp3) is 0.607. The van der Waals surface area contributed by atoms with E-state index in [0.717, 1.165) is 54.8 Å². The third kappa shape index (κ3) is 3.23. The van der Waals surface area contributed by atoms with Crippen LogP contribution < -0.4 is 5.63 Å². The lowest BCUT2D eigenvalue weighted by atomic mass is 9.68. The summed E-state index contributed by atoms with van der Waals surface area (Å²) in [5.41, 5.74) is 4.44. The molecule has 3 aliphatic heterocycles. The minimum absolute atomic E-state index is 0.0693. The van der Waals surface area contributed by atoms with Crippen molar-refractivity contribution < 1.29 is 9.52 Å². The van der Waals surface area contributed by atoms with E-state index in [0.29, 0.717) is 40.6 Å². The minimum atomic E-state index is -0.244. The predicted octanol–water partition coefficient (Wildman–Crippen LogP) is 5.04. The molecule has 180 valence electrons. The molecule has 2 aliphatic carbocycles. The van der Waals surface area contributed by atoms with Crippen molar-refractivity contribution in [1.29, 1.82) is 0 Å². The molecule has 2 aromatic rings. The van der Waals surface area contributed by atoms with Crippen LogP contribution in [0.5, 0.6) is 5.75 Å². The second-order valence-corrected chi connectivity index (χ2v) is 11.6. The topological polar surface area (TPSA) is 56.9 Å². The van der Waals surface area contributed by atoms with Crippen molar-refractivity contribution in [2.24, 2.45) is 11.8 Å². The Morgan fingerprint density at radius 2 is 1.97 bits per heavy atom. The zero-order valence-electron chi connectivity index (χ0n) is 19.7. The maximum Gasteiger partial charge on any atom is 0.339 e. The van der Waals surface area contributed by atoms with E-state index in [1.807, 2.05) is 0 Å². The number of piperidine rings is 3. The van der Waals surface area contributed by atoms with Gasteiger partial charge in [-0.15, -0.1) is 0 Å². The van der Waals surface area contributed by atoms with E-state index < -0.39 is 0 Å². The van der Waals surface area contributed by atoms with Crippen molar-refractivity contribution in [1.82, 2.24) is 9.80 Å². The average molecular weight is 481 g/mol. The highest BCUT2D eigenvalue weighted by atomic mass is 35.5. The molecule has 2 bridgehead atoms. The van der Waals surface area contributed by atoms with Gasteiger partial charge in [0.05, 0.1) is 10.6 Å². The number of rotatable bonds is 2. The summed E-state index contributed by atoms with van der Waals surface area (Å²) in [5, 5.41) is 12.3. The first-order valence-electron chi connectivity index (χ1n) is 13.3. The molecule has 3 saturated heterocycles. The molecule has 34 heavy (non-hydrogen) atoms. The van der Waals surface area contributed by atoms with Crippen molar-refractivity contribution in [3.05, 3.63) is 49.8 Å². The molecule has 0 radical (unpaired) electrons. The van der Waals surface area contributed by atoms with Crippen molar-refractivity contribution in [3.8, 4) is 5.75 Å². The van der Waals surface area contributed by atoms with Gasteiger partial charge in [-0.05, 0) is 87.9 Å². The van der Waals surface area contributed by atoms with Gasteiger partial charge in [0.25, 0.3) is 0 Å². The molecule has 6 heteroatoms. The standard InChI is InChI=1S/C28H33ClN2O3/c29-23-13-21-19-6-3-7-20(19)28(33)34-27(21)22(26(23)32)15-31-10-4-5-16-11-17-12-18(25(16)31)14-30-9-2-1-8-24(17)30/h11,13,17-18,24-25,32H,1-10,12,14-15H2/t17-,18-,24?,25+/m0/s1. The Labute approximate surface area is 205 Å². The number of phenolic OH excluding ortho intramolecular Hbond substituents is 1. The Morgan fingerprint density at radius 3 is 2.88 bits per heavy atom. The summed E-state index contributed by atoms with van der Waals surface area (Å²) in [7, 11) is 0. The van der Waals surface area contributed by atoms with Gasteiger partial charge < -0.3 is 9.52 Å². The van der Waals surface area contributed by atoms with Crippen LogP contribution in [0.2, 0.25) is 5.02 Å². The summed E-state index contributed by atoms with van der Waals surface area (Å²) in [6.45, 7) is 3.99. The molecule has 0 amide bonds. The third-order valence-electron chi connectivity index (χ3n) is 9.41. The van der Waals surface area contributed by atoms with Gasteiger partial charge >= 0.3 is 5.63 Å². The van der Waals surface area contributed by atoms with Crippen LogP contribution in [0.4, 0.5) is 0 Å². The average Bonchev–Trinajstić information content (AvgIpc) is 3.34. The van der Waals surface area contributed by atoms with Crippen LogP contribution in [-0.4, -0.2) is 46.6 Å². The molecule has 1 unspecified atom stereocenters.